The highest BCUT2D eigenvalue weighted by atomic mass is 35.5. The Morgan fingerprint density at radius 3 is 2.65 bits per heavy atom. The second-order valence-corrected chi connectivity index (χ2v) is 8.74. The first-order valence-corrected chi connectivity index (χ1v) is 10.0. The molecule has 0 atom stereocenters. The number of carbonyl (C=O) groups excluding carboxylic acids is 1. The normalized spacial score (nSPS) is 19.3. The van der Waals surface area contributed by atoms with Crippen LogP contribution in [0.2, 0.25) is 5.02 Å². The first kappa shape index (κ1) is 20.9. The third kappa shape index (κ3) is 6.07. The highest BCUT2D eigenvalue weighted by Crippen LogP contribution is 2.33. The highest BCUT2D eigenvalue weighted by Gasteiger charge is 2.34. The Bertz CT molecular complexity index is 651. The predicted octanol–water partition coefficient (Wildman–Crippen LogP) is 3.90. The summed E-state index contributed by atoms with van der Waals surface area (Å²) in [5.74, 6) is -0.822. The van der Waals surface area contributed by atoms with Gasteiger partial charge < -0.3 is 15.7 Å². The van der Waals surface area contributed by atoms with E-state index >= 15 is 0 Å². The van der Waals surface area contributed by atoms with Crippen LogP contribution in [0.4, 0.5) is 10.5 Å². The number of hydrogen-bond acceptors (Lipinski definition) is 4. The molecule has 8 heteroatoms. The molecule has 0 unspecified atom stereocenters. The van der Waals surface area contributed by atoms with Gasteiger partial charge in [-0.15, -0.1) is 11.8 Å². The third-order valence-electron chi connectivity index (χ3n) is 4.26. The van der Waals surface area contributed by atoms with Gasteiger partial charge in [-0.1, -0.05) is 32.4 Å². The van der Waals surface area contributed by atoms with E-state index in [1.807, 2.05) is 24.0 Å². The van der Waals surface area contributed by atoms with E-state index < -0.39 is 5.97 Å². The highest BCUT2D eigenvalue weighted by molar-refractivity contribution is 8.00. The second kappa shape index (κ2) is 9.48. The van der Waals surface area contributed by atoms with E-state index in [1.165, 1.54) is 0 Å². The number of carboxylic acid groups (broad SMARTS) is 1. The summed E-state index contributed by atoms with van der Waals surface area (Å²) in [7, 11) is 0. The molecule has 26 heavy (non-hydrogen) atoms. The lowest BCUT2D eigenvalue weighted by molar-refractivity contribution is -0.139. The zero-order valence-corrected chi connectivity index (χ0v) is 16.9. The molecule has 0 aromatic heterocycles. The van der Waals surface area contributed by atoms with Crippen molar-refractivity contribution in [1.82, 2.24) is 10.2 Å². The molecule has 0 spiro atoms. The van der Waals surface area contributed by atoms with Gasteiger partial charge in [0.25, 0.3) is 0 Å². The Morgan fingerprint density at radius 2 is 2.08 bits per heavy atom. The van der Waals surface area contributed by atoms with Crippen molar-refractivity contribution in [1.29, 1.82) is 0 Å². The van der Waals surface area contributed by atoms with E-state index in [0.29, 0.717) is 22.5 Å². The number of nitrogens with zero attached hydrogens (tertiary/aromatic N) is 1. The van der Waals surface area contributed by atoms with Crippen LogP contribution in [0.5, 0.6) is 0 Å². The molecule has 6 nitrogen and oxygen atoms in total. The molecule has 2 amide bonds. The summed E-state index contributed by atoms with van der Waals surface area (Å²) in [5.41, 5.74) is 0.700. The number of amides is 2. The summed E-state index contributed by atoms with van der Waals surface area (Å²) in [6.07, 6.45) is 1.52. The number of aliphatic carboxylic acids is 1. The molecule has 2 rings (SSSR count). The maximum absolute atomic E-state index is 12.3. The maximum atomic E-state index is 12.3. The fraction of sp³-hybridized carbons (Fsp3) is 0.556. The van der Waals surface area contributed by atoms with Gasteiger partial charge in [0.1, 0.15) is 0 Å². The Morgan fingerprint density at radius 1 is 1.38 bits per heavy atom. The molecule has 1 aromatic carbocycles. The molecule has 0 radical (unpaired) electrons. The standard InChI is InChI=1S/C18H26ClN3O3S/c1-4-22(10-17(23)24)14-8-13(9-14)20-18(25)21-15-7-12(19)5-6-16(15)26-11(2)3/h5-7,11,13-14H,4,8-10H2,1-3H3,(H,23,24)(H2,20,21,25). The number of hydrogen-bond donors (Lipinski definition) is 3. The van der Waals surface area contributed by atoms with E-state index in [1.54, 1.807) is 17.8 Å². The van der Waals surface area contributed by atoms with Crippen molar-refractivity contribution in [3.05, 3.63) is 23.2 Å². The van der Waals surface area contributed by atoms with Gasteiger partial charge in [-0.05, 0) is 37.6 Å². The van der Waals surface area contributed by atoms with Crippen LogP contribution in [-0.4, -0.2) is 52.4 Å². The van der Waals surface area contributed by atoms with Crippen molar-refractivity contribution in [3.63, 3.8) is 0 Å². The lowest BCUT2D eigenvalue weighted by Crippen LogP contribution is -2.55. The van der Waals surface area contributed by atoms with Crippen molar-refractivity contribution >= 4 is 41.1 Å². The molecule has 0 bridgehead atoms. The number of urea groups is 1. The SMILES string of the molecule is CCN(CC(=O)O)C1CC(NC(=O)Nc2cc(Cl)ccc2SC(C)C)C1. The van der Waals surface area contributed by atoms with Crippen LogP contribution in [0.1, 0.15) is 33.6 Å². The van der Waals surface area contributed by atoms with E-state index in [2.05, 4.69) is 24.5 Å². The predicted molar refractivity (Wildman–Crippen MR) is 106 cm³/mol. The van der Waals surface area contributed by atoms with Gasteiger partial charge in [0.2, 0.25) is 0 Å². The Labute approximate surface area is 163 Å². The summed E-state index contributed by atoms with van der Waals surface area (Å²) in [6.45, 7) is 6.86. The summed E-state index contributed by atoms with van der Waals surface area (Å²) < 4.78 is 0. The molecule has 0 aliphatic heterocycles. The van der Waals surface area contributed by atoms with E-state index in [4.69, 9.17) is 16.7 Å². The van der Waals surface area contributed by atoms with Crippen LogP contribution in [-0.2, 0) is 4.79 Å². The number of likely N-dealkylation sites (N-methyl/N-ethyl adjacent to an activating group) is 1. The van der Waals surface area contributed by atoms with Crippen molar-refractivity contribution in [3.8, 4) is 0 Å². The maximum Gasteiger partial charge on any atom is 0.319 e. The molecule has 0 heterocycles. The van der Waals surface area contributed by atoms with Gasteiger partial charge >= 0.3 is 12.0 Å². The van der Waals surface area contributed by atoms with Crippen LogP contribution < -0.4 is 10.6 Å². The minimum absolute atomic E-state index is 0.0401. The van der Waals surface area contributed by atoms with E-state index in [0.717, 1.165) is 17.7 Å². The van der Waals surface area contributed by atoms with Gasteiger partial charge in [0.05, 0.1) is 12.2 Å². The lowest BCUT2D eigenvalue weighted by Gasteiger charge is -2.42. The fourth-order valence-corrected chi connectivity index (χ4v) is 4.04. The molecule has 1 aromatic rings. The van der Waals surface area contributed by atoms with Crippen LogP contribution in [0.3, 0.4) is 0 Å². The Balaban J connectivity index is 1.87. The largest absolute Gasteiger partial charge is 0.480 e. The summed E-state index contributed by atoms with van der Waals surface area (Å²) in [4.78, 5) is 26.1. The number of halogens is 1. The van der Waals surface area contributed by atoms with Crippen LogP contribution >= 0.6 is 23.4 Å². The molecular weight excluding hydrogens is 374 g/mol. The number of nitrogens with one attached hydrogen (secondary N) is 2. The van der Waals surface area contributed by atoms with Crippen LogP contribution in [0.25, 0.3) is 0 Å². The van der Waals surface area contributed by atoms with Crippen LogP contribution in [0.15, 0.2) is 23.1 Å². The first-order chi connectivity index (χ1) is 12.3. The number of rotatable bonds is 8. The number of benzene rings is 1. The van der Waals surface area contributed by atoms with Gasteiger partial charge in [0.15, 0.2) is 0 Å². The van der Waals surface area contributed by atoms with Gasteiger partial charge in [-0.25, -0.2) is 4.79 Å². The topological polar surface area (TPSA) is 81.7 Å². The van der Waals surface area contributed by atoms with Gasteiger partial charge in [-0.3, -0.25) is 9.69 Å². The molecule has 0 saturated heterocycles. The summed E-state index contributed by atoms with van der Waals surface area (Å²) in [6, 6.07) is 5.48. The minimum Gasteiger partial charge on any atom is -0.480 e. The average molecular weight is 400 g/mol. The zero-order valence-electron chi connectivity index (χ0n) is 15.3. The Kier molecular flexibility index (Phi) is 7.61. The Hall–Kier alpha value is -1.44. The van der Waals surface area contributed by atoms with Gasteiger partial charge in [0, 0.05) is 27.3 Å². The van der Waals surface area contributed by atoms with E-state index in [9.17, 15) is 9.59 Å². The number of carbonyl (C=O) groups is 2. The molecule has 1 fully saturated rings. The molecular formula is C18H26ClN3O3S. The lowest BCUT2D eigenvalue weighted by atomic mass is 9.85. The van der Waals surface area contributed by atoms with Crippen molar-refractivity contribution in [2.45, 2.75) is 55.8 Å². The zero-order chi connectivity index (χ0) is 19.3. The van der Waals surface area contributed by atoms with Crippen LogP contribution in [0, 0.1) is 0 Å². The molecule has 1 saturated carbocycles. The second-order valence-electron chi connectivity index (χ2n) is 6.68. The molecule has 1 aliphatic carbocycles. The molecule has 3 N–H and O–H groups in total. The van der Waals surface area contributed by atoms with E-state index in [-0.39, 0.29) is 24.7 Å². The number of thioether (sulfide) groups is 1. The first-order valence-electron chi connectivity index (χ1n) is 8.78. The van der Waals surface area contributed by atoms with Crippen molar-refractivity contribution in [2.75, 3.05) is 18.4 Å². The average Bonchev–Trinajstić information content (AvgIpc) is 2.50. The van der Waals surface area contributed by atoms with Crippen molar-refractivity contribution < 1.29 is 14.7 Å². The fourth-order valence-electron chi connectivity index (χ4n) is 2.98. The quantitative estimate of drug-likeness (QED) is 0.577. The van der Waals surface area contributed by atoms with Gasteiger partial charge in [-0.2, -0.15) is 0 Å². The molecule has 1 aliphatic rings. The summed E-state index contributed by atoms with van der Waals surface area (Å²) in [5, 5.41) is 15.7. The smallest absolute Gasteiger partial charge is 0.319 e. The monoisotopic (exact) mass is 399 g/mol. The summed E-state index contributed by atoms with van der Waals surface area (Å²) >= 11 is 7.72. The third-order valence-corrected chi connectivity index (χ3v) is 5.58. The number of carboxylic acids is 1. The van der Waals surface area contributed by atoms with Crippen molar-refractivity contribution in [2.24, 2.45) is 0 Å². The minimum atomic E-state index is -0.822. The molecule has 144 valence electrons. The number of anilines is 1.